The Morgan fingerprint density at radius 3 is 2.94 bits per heavy atom. The first-order valence-corrected chi connectivity index (χ1v) is 5.49. The summed E-state index contributed by atoms with van der Waals surface area (Å²) in [6.07, 6.45) is 0.463. The summed E-state index contributed by atoms with van der Waals surface area (Å²) in [6, 6.07) is -0.986. The Kier molecular flexibility index (Phi) is 2.88. The number of hydrogen-bond acceptors (Lipinski definition) is 5. The lowest BCUT2D eigenvalue weighted by molar-refractivity contribution is -0.143. The van der Waals surface area contributed by atoms with Gasteiger partial charge in [0.05, 0.1) is 19.0 Å². The van der Waals surface area contributed by atoms with Gasteiger partial charge < -0.3 is 21.1 Å². The molecule has 1 fully saturated rings. The van der Waals surface area contributed by atoms with Crippen LogP contribution in [0.5, 0.6) is 0 Å². The number of aliphatic hydroxyl groups excluding tert-OH is 1. The van der Waals surface area contributed by atoms with Crippen molar-refractivity contribution in [1.29, 1.82) is 0 Å². The first-order chi connectivity index (χ1) is 7.96. The number of nitrogens with one attached hydrogen (secondary N) is 1. The smallest absolute Gasteiger partial charge is 0.247 e. The molecule has 1 unspecified atom stereocenters. The third-order valence-corrected chi connectivity index (χ3v) is 3.24. The summed E-state index contributed by atoms with van der Waals surface area (Å²) < 4.78 is 0. The molecule has 94 valence electrons. The average Bonchev–Trinajstić information content (AvgIpc) is 2.35. The molecule has 2 amide bonds. The number of rotatable bonds is 2. The topological polar surface area (TPSA) is 108 Å². The van der Waals surface area contributed by atoms with Crippen molar-refractivity contribution in [1.82, 2.24) is 10.2 Å². The van der Waals surface area contributed by atoms with Gasteiger partial charge in [-0.05, 0) is 6.92 Å². The Morgan fingerprint density at radius 2 is 2.47 bits per heavy atom. The van der Waals surface area contributed by atoms with Gasteiger partial charge in [0.2, 0.25) is 11.8 Å². The average molecular weight is 240 g/mol. The van der Waals surface area contributed by atoms with E-state index >= 15 is 0 Å². The number of aliphatic hydroxyl groups is 1. The summed E-state index contributed by atoms with van der Waals surface area (Å²) in [5, 5.41) is 11.9. The number of carbonyl (C=O) groups excluding carboxylic acids is 2. The van der Waals surface area contributed by atoms with Crippen LogP contribution in [0, 0.1) is 5.41 Å². The van der Waals surface area contributed by atoms with E-state index in [9.17, 15) is 14.7 Å². The SMILES string of the molecule is C[C@@H](O)[C@H](N)C(=O)N1C=NCC2(CNC2=O)C1. The molecule has 2 rings (SSSR count). The van der Waals surface area contributed by atoms with Gasteiger partial charge in [0, 0.05) is 13.1 Å². The molecular formula is C10H16N4O3. The second-order valence-electron chi connectivity index (χ2n) is 4.65. The maximum atomic E-state index is 11.9. The number of amides is 2. The normalized spacial score (nSPS) is 30.8. The Hall–Kier alpha value is -1.47. The van der Waals surface area contributed by atoms with Crippen molar-refractivity contribution in [2.24, 2.45) is 16.1 Å². The van der Waals surface area contributed by atoms with Crippen LogP contribution in [0.1, 0.15) is 6.92 Å². The molecule has 0 aromatic heterocycles. The molecule has 0 bridgehead atoms. The Bertz CT molecular complexity index is 382. The van der Waals surface area contributed by atoms with Crippen LogP contribution in [-0.2, 0) is 9.59 Å². The predicted octanol–water partition coefficient (Wildman–Crippen LogP) is -2.32. The quantitative estimate of drug-likeness (QED) is 0.471. The highest BCUT2D eigenvalue weighted by atomic mass is 16.3. The largest absolute Gasteiger partial charge is 0.391 e. The van der Waals surface area contributed by atoms with Crippen LogP contribution >= 0.6 is 0 Å². The molecule has 4 N–H and O–H groups in total. The summed E-state index contributed by atoms with van der Waals surface area (Å²) in [4.78, 5) is 28.7. The van der Waals surface area contributed by atoms with Crippen LogP contribution in [0.15, 0.2) is 4.99 Å². The zero-order valence-corrected chi connectivity index (χ0v) is 9.59. The van der Waals surface area contributed by atoms with Gasteiger partial charge in [0.25, 0.3) is 0 Å². The van der Waals surface area contributed by atoms with Gasteiger partial charge in [-0.1, -0.05) is 0 Å². The molecular weight excluding hydrogens is 224 g/mol. The molecule has 0 radical (unpaired) electrons. The lowest BCUT2D eigenvalue weighted by Gasteiger charge is -2.44. The highest BCUT2D eigenvalue weighted by Gasteiger charge is 2.49. The van der Waals surface area contributed by atoms with Crippen LogP contribution in [0.4, 0.5) is 0 Å². The molecule has 1 saturated heterocycles. The first kappa shape index (κ1) is 12.0. The molecule has 7 heteroatoms. The zero-order chi connectivity index (χ0) is 12.6. The fourth-order valence-electron chi connectivity index (χ4n) is 1.93. The first-order valence-electron chi connectivity index (χ1n) is 5.49. The standard InChI is InChI=1S/C10H16N4O3/c1-6(15)7(11)8(16)14-4-10(2-12-5-14)3-13-9(10)17/h5-7,15H,2-4,11H2,1H3,(H,13,17)/t6-,7+,10?/m1/s1. The number of nitrogens with zero attached hydrogens (tertiary/aromatic N) is 2. The minimum absolute atomic E-state index is 0.0854. The maximum Gasteiger partial charge on any atom is 0.247 e. The number of carbonyl (C=O) groups is 2. The molecule has 3 atom stereocenters. The van der Waals surface area contributed by atoms with Crippen molar-refractivity contribution in [2.45, 2.75) is 19.1 Å². The Labute approximate surface area is 98.7 Å². The summed E-state index contributed by atoms with van der Waals surface area (Å²) in [6.45, 7) is 2.65. The molecule has 7 nitrogen and oxygen atoms in total. The molecule has 1 spiro atoms. The van der Waals surface area contributed by atoms with E-state index in [1.54, 1.807) is 0 Å². The molecule has 0 saturated carbocycles. The molecule has 0 aromatic rings. The van der Waals surface area contributed by atoms with Crippen molar-refractivity contribution >= 4 is 18.2 Å². The monoisotopic (exact) mass is 240 g/mol. The van der Waals surface area contributed by atoms with Gasteiger partial charge in [0.15, 0.2) is 0 Å². The van der Waals surface area contributed by atoms with E-state index in [4.69, 9.17) is 5.73 Å². The van der Waals surface area contributed by atoms with Crippen molar-refractivity contribution in [3.63, 3.8) is 0 Å². The van der Waals surface area contributed by atoms with Crippen LogP contribution in [0.2, 0.25) is 0 Å². The maximum absolute atomic E-state index is 11.9. The van der Waals surface area contributed by atoms with Gasteiger partial charge in [-0.2, -0.15) is 0 Å². The number of hydrogen-bond donors (Lipinski definition) is 3. The summed E-state index contributed by atoms with van der Waals surface area (Å²) in [5.41, 5.74) is 4.98. The van der Waals surface area contributed by atoms with Crippen molar-refractivity contribution in [3.05, 3.63) is 0 Å². The fraction of sp³-hybridized carbons (Fsp3) is 0.700. The lowest BCUT2D eigenvalue weighted by Crippen LogP contribution is -2.67. The number of nitrogens with two attached hydrogens (primary N) is 1. The van der Waals surface area contributed by atoms with Crippen molar-refractivity contribution < 1.29 is 14.7 Å². The van der Waals surface area contributed by atoms with E-state index in [0.29, 0.717) is 13.1 Å². The Morgan fingerprint density at radius 1 is 1.76 bits per heavy atom. The van der Waals surface area contributed by atoms with Gasteiger partial charge >= 0.3 is 0 Å². The van der Waals surface area contributed by atoms with E-state index in [1.807, 2.05) is 0 Å². The zero-order valence-electron chi connectivity index (χ0n) is 9.59. The fourth-order valence-corrected chi connectivity index (χ4v) is 1.93. The molecule has 2 heterocycles. The van der Waals surface area contributed by atoms with Crippen LogP contribution < -0.4 is 11.1 Å². The third-order valence-electron chi connectivity index (χ3n) is 3.24. The van der Waals surface area contributed by atoms with Crippen LogP contribution in [-0.4, -0.2) is 59.9 Å². The summed E-state index contributed by atoms with van der Waals surface area (Å²) in [5.74, 6) is -0.500. The van der Waals surface area contributed by atoms with E-state index in [-0.39, 0.29) is 12.5 Å². The highest BCUT2D eigenvalue weighted by Crippen LogP contribution is 2.28. The van der Waals surface area contributed by atoms with Gasteiger partial charge in [-0.15, -0.1) is 0 Å². The van der Waals surface area contributed by atoms with E-state index in [0.717, 1.165) is 0 Å². The number of aliphatic imine (C=N–C) groups is 1. The van der Waals surface area contributed by atoms with E-state index in [1.165, 1.54) is 18.2 Å². The number of β-lactam (4-membered cyclic amide) rings is 1. The minimum Gasteiger partial charge on any atom is -0.391 e. The van der Waals surface area contributed by atoms with Crippen molar-refractivity contribution in [2.75, 3.05) is 19.6 Å². The molecule has 0 aliphatic carbocycles. The minimum atomic E-state index is -0.986. The van der Waals surface area contributed by atoms with Crippen LogP contribution in [0.25, 0.3) is 0 Å². The van der Waals surface area contributed by atoms with Crippen LogP contribution in [0.3, 0.4) is 0 Å². The molecule has 17 heavy (non-hydrogen) atoms. The molecule has 0 aromatic carbocycles. The van der Waals surface area contributed by atoms with Crippen molar-refractivity contribution in [3.8, 4) is 0 Å². The van der Waals surface area contributed by atoms with E-state index in [2.05, 4.69) is 10.3 Å². The molecule has 2 aliphatic rings. The second-order valence-corrected chi connectivity index (χ2v) is 4.65. The predicted molar refractivity (Wildman–Crippen MR) is 60.2 cm³/mol. The van der Waals surface area contributed by atoms with Gasteiger partial charge in [0.1, 0.15) is 11.5 Å². The summed E-state index contributed by atoms with van der Waals surface area (Å²) >= 11 is 0. The Balaban J connectivity index is 2.08. The third kappa shape index (κ3) is 1.91. The highest BCUT2D eigenvalue weighted by molar-refractivity contribution is 5.95. The van der Waals surface area contributed by atoms with Gasteiger partial charge in [-0.3, -0.25) is 14.6 Å². The van der Waals surface area contributed by atoms with E-state index < -0.39 is 23.5 Å². The second kappa shape index (κ2) is 4.08. The lowest BCUT2D eigenvalue weighted by atomic mass is 9.79. The summed E-state index contributed by atoms with van der Waals surface area (Å²) in [7, 11) is 0. The van der Waals surface area contributed by atoms with Gasteiger partial charge in [-0.25, -0.2) is 0 Å². The molecule has 2 aliphatic heterocycles.